The molecule has 0 aromatic carbocycles. The second kappa shape index (κ2) is 11.7. The van der Waals surface area contributed by atoms with Crippen molar-refractivity contribution in [2.75, 3.05) is 5.75 Å². The van der Waals surface area contributed by atoms with E-state index in [0.717, 1.165) is 5.92 Å². The molecule has 1 atom stereocenters. The molecule has 2 heteroatoms. The molecule has 1 nitrogen and oxygen atoms in total. The molecular formula is C18H36OS. The molecule has 0 aliphatic rings. The van der Waals surface area contributed by atoms with Crippen LogP contribution in [0.1, 0.15) is 92.4 Å². The first-order valence-corrected chi connectivity index (χ1v) is 9.49. The Morgan fingerprint density at radius 2 is 1.60 bits per heavy atom. The van der Waals surface area contributed by atoms with Crippen LogP contribution in [0.5, 0.6) is 0 Å². The van der Waals surface area contributed by atoms with Crippen LogP contribution in [0.3, 0.4) is 0 Å². The first kappa shape index (κ1) is 20.0. The first-order chi connectivity index (χ1) is 9.37. The summed E-state index contributed by atoms with van der Waals surface area (Å²) in [6, 6.07) is 0. The Kier molecular flexibility index (Phi) is 11.7. The van der Waals surface area contributed by atoms with E-state index in [1.54, 1.807) is 6.92 Å². The van der Waals surface area contributed by atoms with Gasteiger partial charge in [0.05, 0.1) is 0 Å². The molecule has 0 heterocycles. The quantitative estimate of drug-likeness (QED) is 0.374. The number of Topliss-reactive ketones (excluding diaryl/α,β-unsaturated/α-hetero) is 1. The van der Waals surface area contributed by atoms with Gasteiger partial charge >= 0.3 is 0 Å². The fourth-order valence-electron chi connectivity index (χ4n) is 2.55. The van der Waals surface area contributed by atoms with Gasteiger partial charge in [0.25, 0.3) is 0 Å². The molecule has 0 rings (SSSR count). The van der Waals surface area contributed by atoms with Gasteiger partial charge in [0.1, 0.15) is 5.78 Å². The summed E-state index contributed by atoms with van der Waals surface area (Å²) < 4.78 is 0.111. The number of carbonyl (C=O) groups is 1. The molecule has 0 aliphatic heterocycles. The largest absolute Gasteiger partial charge is 0.300 e. The Labute approximate surface area is 131 Å². The number of carbonyl (C=O) groups excluding carboxylic acids is 1. The average molecular weight is 301 g/mol. The molecular weight excluding hydrogens is 264 g/mol. The van der Waals surface area contributed by atoms with E-state index >= 15 is 0 Å². The number of hydrogen-bond donors (Lipinski definition) is 0. The van der Waals surface area contributed by atoms with Crippen molar-refractivity contribution in [1.82, 2.24) is 0 Å². The lowest BCUT2D eigenvalue weighted by Crippen LogP contribution is -2.20. The molecule has 20 heavy (non-hydrogen) atoms. The highest BCUT2D eigenvalue weighted by Crippen LogP contribution is 2.31. The molecule has 1 unspecified atom stereocenters. The van der Waals surface area contributed by atoms with Crippen molar-refractivity contribution in [3.05, 3.63) is 0 Å². The van der Waals surface area contributed by atoms with Gasteiger partial charge in [-0.15, -0.1) is 0 Å². The summed E-state index contributed by atoms with van der Waals surface area (Å²) in [4.78, 5) is 11.2. The summed E-state index contributed by atoms with van der Waals surface area (Å²) in [6.45, 7) is 10.7. The third-order valence-corrected chi connectivity index (χ3v) is 5.40. The van der Waals surface area contributed by atoms with Crippen molar-refractivity contribution >= 4 is 17.5 Å². The second-order valence-electron chi connectivity index (χ2n) is 6.96. The zero-order chi connectivity index (χ0) is 15.4. The van der Waals surface area contributed by atoms with Gasteiger partial charge in [0, 0.05) is 11.2 Å². The normalized spacial score (nSPS) is 13.4. The summed E-state index contributed by atoms with van der Waals surface area (Å²) in [5, 5.41) is 0. The monoisotopic (exact) mass is 300 g/mol. The third-order valence-electron chi connectivity index (χ3n) is 3.73. The summed E-state index contributed by atoms with van der Waals surface area (Å²) in [5.74, 6) is 2.28. The van der Waals surface area contributed by atoms with Crippen LogP contribution in [0.4, 0.5) is 0 Å². The maximum absolute atomic E-state index is 11.2. The van der Waals surface area contributed by atoms with Gasteiger partial charge in [-0.2, -0.15) is 11.8 Å². The Morgan fingerprint density at radius 3 is 2.15 bits per heavy atom. The third kappa shape index (κ3) is 13.0. The Balaban J connectivity index is 3.54. The lowest BCUT2D eigenvalue weighted by Gasteiger charge is -2.24. The first-order valence-electron chi connectivity index (χ1n) is 8.50. The van der Waals surface area contributed by atoms with E-state index in [1.807, 2.05) is 11.8 Å². The van der Waals surface area contributed by atoms with E-state index in [1.165, 1.54) is 57.1 Å². The molecule has 0 saturated heterocycles. The molecule has 0 aromatic heterocycles. The van der Waals surface area contributed by atoms with Gasteiger partial charge in [0.2, 0.25) is 0 Å². The highest BCUT2D eigenvalue weighted by Gasteiger charge is 2.21. The van der Waals surface area contributed by atoms with E-state index in [-0.39, 0.29) is 4.75 Å². The lowest BCUT2D eigenvalue weighted by molar-refractivity contribution is -0.117. The molecule has 0 bridgehead atoms. The molecule has 0 N–H and O–H groups in total. The van der Waals surface area contributed by atoms with E-state index in [4.69, 9.17) is 0 Å². The molecule has 0 aromatic rings. The van der Waals surface area contributed by atoms with E-state index in [0.29, 0.717) is 12.2 Å². The van der Waals surface area contributed by atoms with Crippen LogP contribution >= 0.6 is 11.8 Å². The summed E-state index contributed by atoms with van der Waals surface area (Å²) in [7, 11) is 0. The Hall–Kier alpha value is 0.0200. The molecule has 120 valence electrons. The summed E-state index contributed by atoms with van der Waals surface area (Å²) >= 11 is 1.97. The fourth-order valence-corrected chi connectivity index (χ4v) is 3.76. The number of hydrogen-bond acceptors (Lipinski definition) is 2. The van der Waals surface area contributed by atoms with Crippen LogP contribution in [-0.2, 0) is 4.79 Å². The minimum absolute atomic E-state index is 0.111. The lowest BCUT2D eigenvalue weighted by atomic mass is 10.0. The van der Waals surface area contributed by atoms with Gasteiger partial charge < -0.3 is 0 Å². The van der Waals surface area contributed by atoms with Gasteiger partial charge in [-0.3, -0.25) is 4.79 Å². The number of rotatable bonds is 13. The SMILES string of the molecule is CCCCCCCCCC(C)CSC(C)(C)CC(C)=O. The van der Waals surface area contributed by atoms with E-state index in [2.05, 4.69) is 27.7 Å². The van der Waals surface area contributed by atoms with Crippen LogP contribution < -0.4 is 0 Å². The summed E-state index contributed by atoms with van der Waals surface area (Å²) in [6.07, 6.45) is 11.8. The van der Waals surface area contributed by atoms with E-state index < -0.39 is 0 Å². The van der Waals surface area contributed by atoms with Crippen LogP contribution in [-0.4, -0.2) is 16.3 Å². The Morgan fingerprint density at radius 1 is 1.05 bits per heavy atom. The highest BCUT2D eigenvalue weighted by molar-refractivity contribution is 8.00. The van der Waals surface area contributed by atoms with Crippen molar-refractivity contribution in [3.8, 4) is 0 Å². The maximum atomic E-state index is 11.2. The maximum Gasteiger partial charge on any atom is 0.131 e. The zero-order valence-corrected chi connectivity index (χ0v) is 15.3. The van der Waals surface area contributed by atoms with Crippen LogP contribution in [0, 0.1) is 5.92 Å². The van der Waals surface area contributed by atoms with Crippen molar-refractivity contribution in [3.63, 3.8) is 0 Å². The van der Waals surface area contributed by atoms with Gasteiger partial charge in [-0.05, 0) is 25.0 Å². The van der Waals surface area contributed by atoms with Crippen LogP contribution in [0.25, 0.3) is 0 Å². The standard InChI is InChI=1S/C18H36OS/c1-6-7-8-9-10-11-12-13-16(2)15-20-18(4,5)14-17(3)19/h16H,6-15H2,1-5H3. The molecule has 0 aliphatic carbocycles. The molecule has 0 radical (unpaired) electrons. The number of unbranched alkanes of at least 4 members (excludes halogenated alkanes) is 6. The minimum Gasteiger partial charge on any atom is -0.300 e. The number of thioether (sulfide) groups is 1. The minimum atomic E-state index is 0.111. The van der Waals surface area contributed by atoms with Gasteiger partial charge in [-0.25, -0.2) is 0 Å². The Bertz CT molecular complexity index is 248. The van der Waals surface area contributed by atoms with Crippen molar-refractivity contribution in [1.29, 1.82) is 0 Å². The molecule has 0 amide bonds. The van der Waals surface area contributed by atoms with Crippen LogP contribution in [0.15, 0.2) is 0 Å². The number of ketones is 1. The topological polar surface area (TPSA) is 17.1 Å². The van der Waals surface area contributed by atoms with E-state index in [9.17, 15) is 4.79 Å². The van der Waals surface area contributed by atoms with Gasteiger partial charge in [-0.1, -0.05) is 72.6 Å². The highest BCUT2D eigenvalue weighted by atomic mass is 32.2. The van der Waals surface area contributed by atoms with Gasteiger partial charge in [0.15, 0.2) is 0 Å². The predicted octanol–water partition coefficient (Wildman–Crippen LogP) is 6.25. The molecule has 0 saturated carbocycles. The van der Waals surface area contributed by atoms with Crippen molar-refractivity contribution in [2.24, 2.45) is 5.92 Å². The fraction of sp³-hybridized carbons (Fsp3) is 0.944. The van der Waals surface area contributed by atoms with Crippen molar-refractivity contribution < 1.29 is 4.79 Å². The predicted molar refractivity (Wildman–Crippen MR) is 93.6 cm³/mol. The average Bonchev–Trinajstić information content (AvgIpc) is 2.34. The molecule has 0 spiro atoms. The zero-order valence-electron chi connectivity index (χ0n) is 14.5. The van der Waals surface area contributed by atoms with Crippen molar-refractivity contribution in [2.45, 2.75) is 97.2 Å². The molecule has 0 fully saturated rings. The van der Waals surface area contributed by atoms with Crippen LogP contribution in [0.2, 0.25) is 0 Å². The smallest absolute Gasteiger partial charge is 0.131 e. The summed E-state index contributed by atoms with van der Waals surface area (Å²) in [5.41, 5.74) is 0. The second-order valence-corrected chi connectivity index (χ2v) is 8.69.